The molecule has 3 rings (SSSR count). The van der Waals surface area contributed by atoms with Gasteiger partial charge in [-0.1, -0.05) is 35.9 Å². The fourth-order valence-corrected chi connectivity index (χ4v) is 3.01. The molecule has 1 heterocycles. The van der Waals surface area contributed by atoms with Crippen LogP contribution in [0.1, 0.15) is 18.4 Å². The molecule has 94 valence electrons. The second-order valence-electron chi connectivity index (χ2n) is 5.24. The molecule has 1 atom stereocenters. The number of halogens is 1. The van der Waals surface area contributed by atoms with E-state index in [0.717, 1.165) is 10.9 Å². The highest BCUT2D eigenvalue weighted by Crippen LogP contribution is 2.23. The standard InChI is InChI=1S/C16H18ClN/c17-16-6-5-14-9-12(3-4-15(14)10-16)8-13-2-1-7-18-11-13/h3-6,9-10,13,18H,1-2,7-8,11H2. The van der Waals surface area contributed by atoms with Gasteiger partial charge in [-0.25, -0.2) is 0 Å². The van der Waals surface area contributed by atoms with E-state index in [9.17, 15) is 0 Å². The Labute approximate surface area is 113 Å². The molecule has 2 aromatic rings. The second kappa shape index (κ2) is 5.29. The highest BCUT2D eigenvalue weighted by atomic mass is 35.5. The van der Waals surface area contributed by atoms with Crippen LogP contribution in [0.5, 0.6) is 0 Å². The smallest absolute Gasteiger partial charge is 0.0412 e. The van der Waals surface area contributed by atoms with Gasteiger partial charge < -0.3 is 5.32 Å². The van der Waals surface area contributed by atoms with E-state index in [1.54, 1.807) is 0 Å². The monoisotopic (exact) mass is 259 g/mol. The highest BCUT2D eigenvalue weighted by molar-refractivity contribution is 6.31. The zero-order valence-electron chi connectivity index (χ0n) is 10.5. The Bertz CT molecular complexity index is 544. The molecule has 0 amide bonds. The molecule has 0 bridgehead atoms. The molecule has 2 aromatic carbocycles. The van der Waals surface area contributed by atoms with E-state index >= 15 is 0 Å². The van der Waals surface area contributed by atoms with Gasteiger partial charge in [0.05, 0.1) is 0 Å². The first-order valence-electron chi connectivity index (χ1n) is 6.70. The summed E-state index contributed by atoms with van der Waals surface area (Å²) in [5, 5.41) is 6.82. The van der Waals surface area contributed by atoms with E-state index in [-0.39, 0.29) is 0 Å². The lowest BCUT2D eigenvalue weighted by molar-refractivity contribution is 0.376. The maximum absolute atomic E-state index is 6.01. The van der Waals surface area contributed by atoms with E-state index in [1.165, 1.54) is 48.7 Å². The minimum Gasteiger partial charge on any atom is -0.316 e. The molecule has 0 radical (unpaired) electrons. The zero-order valence-corrected chi connectivity index (χ0v) is 11.2. The van der Waals surface area contributed by atoms with E-state index in [1.807, 2.05) is 12.1 Å². The van der Waals surface area contributed by atoms with Gasteiger partial charge in [0.25, 0.3) is 0 Å². The normalized spacial score (nSPS) is 20.2. The van der Waals surface area contributed by atoms with Gasteiger partial charge in [0.1, 0.15) is 0 Å². The summed E-state index contributed by atoms with van der Waals surface area (Å²) >= 11 is 6.01. The van der Waals surface area contributed by atoms with E-state index in [0.29, 0.717) is 0 Å². The van der Waals surface area contributed by atoms with Crippen molar-refractivity contribution in [1.29, 1.82) is 0 Å². The third-order valence-corrected chi connectivity index (χ3v) is 4.03. The molecule has 1 unspecified atom stereocenters. The molecule has 0 aliphatic carbocycles. The fourth-order valence-electron chi connectivity index (χ4n) is 2.82. The number of nitrogens with one attached hydrogen (secondary N) is 1. The number of fused-ring (bicyclic) bond motifs is 1. The van der Waals surface area contributed by atoms with Crippen molar-refractivity contribution < 1.29 is 0 Å². The van der Waals surface area contributed by atoms with E-state index in [2.05, 4.69) is 29.6 Å². The van der Waals surface area contributed by atoms with Gasteiger partial charge in [0.2, 0.25) is 0 Å². The minimum atomic E-state index is 0.795. The summed E-state index contributed by atoms with van der Waals surface area (Å²) in [5.41, 5.74) is 1.44. The third kappa shape index (κ3) is 2.68. The topological polar surface area (TPSA) is 12.0 Å². The Hall–Kier alpha value is -1.05. The van der Waals surface area contributed by atoms with Gasteiger partial charge in [0.15, 0.2) is 0 Å². The van der Waals surface area contributed by atoms with E-state index < -0.39 is 0 Å². The predicted molar refractivity (Wildman–Crippen MR) is 78.3 cm³/mol. The average Bonchev–Trinajstić information content (AvgIpc) is 2.40. The Morgan fingerprint density at radius 2 is 1.94 bits per heavy atom. The molecule has 18 heavy (non-hydrogen) atoms. The molecular weight excluding hydrogens is 242 g/mol. The van der Waals surface area contributed by atoms with Crippen molar-refractivity contribution in [2.24, 2.45) is 5.92 Å². The Kier molecular flexibility index (Phi) is 3.53. The number of rotatable bonds is 2. The van der Waals surface area contributed by atoms with Gasteiger partial charge in [-0.05, 0) is 66.7 Å². The number of hydrogen-bond donors (Lipinski definition) is 1. The molecule has 0 aromatic heterocycles. The highest BCUT2D eigenvalue weighted by Gasteiger charge is 2.13. The molecular formula is C16H18ClN. The molecule has 2 heteroatoms. The molecule has 1 saturated heterocycles. The van der Waals surface area contributed by atoms with Crippen molar-refractivity contribution in [3.05, 3.63) is 47.0 Å². The van der Waals surface area contributed by atoms with Crippen molar-refractivity contribution >= 4 is 22.4 Å². The van der Waals surface area contributed by atoms with Crippen molar-refractivity contribution in [1.82, 2.24) is 5.32 Å². The quantitative estimate of drug-likeness (QED) is 0.859. The summed E-state index contributed by atoms with van der Waals surface area (Å²) in [5.74, 6) is 0.795. The minimum absolute atomic E-state index is 0.795. The van der Waals surface area contributed by atoms with Crippen LogP contribution in [0.15, 0.2) is 36.4 Å². The number of hydrogen-bond acceptors (Lipinski definition) is 1. The summed E-state index contributed by atoms with van der Waals surface area (Å²) in [4.78, 5) is 0. The fraction of sp³-hybridized carbons (Fsp3) is 0.375. The Morgan fingerprint density at radius 1 is 1.11 bits per heavy atom. The first kappa shape index (κ1) is 12.0. The van der Waals surface area contributed by atoms with Gasteiger partial charge in [-0.2, -0.15) is 0 Å². The number of piperidine rings is 1. The number of benzene rings is 2. The Morgan fingerprint density at radius 3 is 2.78 bits per heavy atom. The summed E-state index contributed by atoms with van der Waals surface area (Å²) in [6.07, 6.45) is 3.85. The van der Waals surface area contributed by atoms with Gasteiger partial charge >= 0.3 is 0 Å². The Balaban J connectivity index is 1.82. The molecule has 1 aliphatic rings. The third-order valence-electron chi connectivity index (χ3n) is 3.79. The molecule has 1 nitrogen and oxygen atoms in total. The van der Waals surface area contributed by atoms with Gasteiger partial charge in [-0.3, -0.25) is 0 Å². The van der Waals surface area contributed by atoms with Crippen LogP contribution in [0.2, 0.25) is 5.02 Å². The van der Waals surface area contributed by atoms with E-state index in [4.69, 9.17) is 11.6 Å². The first-order chi connectivity index (χ1) is 8.81. The first-order valence-corrected chi connectivity index (χ1v) is 7.08. The molecule has 0 saturated carbocycles. The van der Waals surface area contributed by atoms with Crippen LogP contribution in [0.4, 0.5) is 0 Å². The van der Waals surface area contributed by atoms with Crippen LogP contribution >= 0.6 is 11.6 Å². The molecule has 1 fully saturated rings. The van der Waals surface area contributed by atoms with Crippen molar-refractivity contribution in [2.45, 2.75) is 19.3 Å². The largest absolute Gasteiger partial charge is 0.316 e. The van der Waals surface area contributed by atoms with Crippen LogP contribution in [0.25, 0.3) is 10.8 Å². The van der Waals surface area contributed by atoms with Crippen LogP contribution in [0, 0.1) is 5.92 Å². The summed E-state index contributed by atoms with van der Waals surface area (Å²) < 4.78 is 0. The van der Waals surface area contributed by atoms with Crippen LogP contribution in [0.3, 0.4) is 0 Å². The SMILES string of the molecule is Clc1ccc2cc(CC3CCCNC3)ccc2c1. The van der Waals surface area contributed by atoms with Crippen molar-refractivity contribution in [2.75, 3.05) is 13.1 Å². The molecule has 1 aliphatic heterocycles. The molecule has 1 N–H and O–H groups in total. The maximum atomic E-state index is 6.01. The van der Waals surface area contributed by atoms with Crippen LogP contribution < -0.4 is 5.32 Å². The maximum Gasteiger partial charge on any atom is 0.0412 e. The van der Waals surface area contributed by atoms with Crippen molar-refractivity contribution in [3.8, 4) is 0 Å². The second-order valence-corrected chi connectivity index (χ2v) is 5.68. The van der Waals surface area contributed by atoms with Crippen LogP contribution in [-0.4, -0.2) is 13.1 Å². The van der Waals surface area contributed by atoms with Crippen LogP contribution in [-0.2, 0) is 6.42 Å². The predicted octanol–water partition coefficient (Wildman–Crippen LogP) is 4.04. The van der Waals surface area contributed by atoms with Crippen molar-refractivity contribution in [3.63, 3.8) is 0 Å². The lowest BCUT2D eigenvalue weighted by atomic mass is 9.91. The lowest BCUT2D eigenvalue weighted by Gasteiger charge is -2.22. The van der Waals surface area contributed by atoms with Gasteiger partial charge in [0, 0.05) is 5.02 Å². The average molecular weight is 260 g/mol. The zero-order chi connectivity index (χ0) is 12.4. The molecule has 0 spiro atoms. The lowest BCUT2D eigenvalue weighted by Crippen LogP contribution is -2.30. The summed E-state index contributed by atoms with van der Waals surface area (Å²) in [6.45, 7) is 2.35. The van der Waals surface area contributed by atoms with Gasteiger partial charge in [-0.15, -0.1) is 0 Å². The summed E-state index contributed by atoms with van der Waals surface area (Å²) in [6, 6.07) is 12.8. The summed E-state index contributed by atoms with van der Waals surface area (Å²) in [7, 11) is 0.